The molecule has 0 saturated carbocycles. The van der Waals surface area contributed by atoms with Gasteiger partial charge in [-0.05, 0) is 30.2 Å². The van der Waals surface area contributed by atoms with Gasteiger partial charge in [-0.1, -0.05) is 22.9 Å². The Kier molecular flexibility index (Phi) is 4.46. The topological polar surface area (TPSA) is 101 Å². The molecule has 0 unspecified atom stereocenters. The van der Waals surface area contributed by atoms with Crippen molar-refractivity contribution in [3.05, 3.63) is 40.0 Å². The predicted octanol–water partition coefficient (Wildman–Crippen LogP) is 1.99. The van der Waals surface area contributed by atoms with Gasteiger partial charge in [0.15, 0.2) is 5.03 Å². The Morgan fingerprint density at radius 1 is 1.40 bits per heavy atom. The molecule has 8 heteroatoms. The van der Waals surface area contributed by atoms with E-state index in [2.05, 4.69) is 30.8 Å². The van der Waals surface area contributed by atoms with Crippen LogP contribution < -0.4 is 10.5 Å². The lowest BCUT2D eigenvalue weighted by Crippen LogP contribution is -2.17. The van der Waals surface area contributed by atoms with E-state index in [4.69, 9.17) is 5.73 Å². The number of nitrogens with zero attached hydrogens (tertiary/aromatic N) is 1. The second kappa shape index (κ2) is 5.94. The molecule has 0 atom stereocenters. The molecule has 4 N–H and O–H groups in total. The van der Waals surface area contributed by atoms with Gasteiger partial charge >= 0.3 is 0 Å². The van der Waals surface area contributed by atoms with Crippen LogP contribution in [0, 0.1) is 0 Å². The first-order chi connectivity index (χ1) is 9.47. The minimum Gasteiger partial charge on any atom is -0.326 e. The molecule has 0 aliphatic carbocycles. The van der Waals surface area contributed by atoms with Gasteiger partial charge in [-0.2, -0.15) is 13.5 Å². The second-order valence-electron chi connectivity index (χ2n) is 4.19. The van der Waals surface area contributed by atoms with Gasteiger partial charge < -0.3 is 5.73 Å². The molecule has 0 fully saturated rings. The Morgan fingerprint density at radius 2 is 2.15 bits per heavy atom. The smallest absolute Gasteiger partial charge is 0.279 e. The molecule has 2 rings (SSSR count). The molecule has 108 valence electrons. The minimum atomic E-state index is -3.72. The van der Waals surface area contributed by atoms with E-state index < -0.39 is 10.0 Å². The fourth-order valence-corrected chi connectivity index (χ4v) is 3.48. The minimum absolute atomic E-state index is 0.00460. The number of hydrogen-bond acceptors (Lipinski definition) is 4. The van der Waals surface area contributed by atoms with Crippen molar-refractivity contribution in [3.8, 4) is 0 Å². The van der Waals surface area contributed by atoms with Crippen molar-refractivity contribution in [1.29, 1.82) is 0 Å². The number of aromatic amines is 1. The second-order valence-corrected chi connectivity index (χ2v) is 6.72. The van der Waals surface area contributed by atoms with Crippen LogP contribution in [0.1, 0.15) is 18.1 Å². The highest BCUT2D eigenvalue weighted by Crippen LogP contribution is 2.24. The van der Waals surface area contributed by atoms with Gasteiger partial charge in [-0.25, -0.2) is 0 Å². The Balaban J connectivity index is 2.38. The van der Waals surface area contributed by atoms with Crippen molar-refractivity contribution in [2.24, 2.45) is 5.73 Å². The lowest BCUT2D eigenvalue weighted by Gasteiger charge is -2.12. The summed E-state index contributed by atoms with van der Waals surface area (Å²) < 4.78 is 28.2. The number of nitrogens with two attached hydrogens (primary N) is 1. The molecule has 0 aliphatic heterocycles. The Bertz CT molecular complexity index is 712. The van der Waals surface area contributed by atoms with Crippen molar-refractivity contribution >= 4 is 31.6 Å². The fraction of sp³-hybridized carbons (Fsp3) is 0.250. The Hall–Kier alpha value is -1.38. The average Bonchev–Trinajstić information content (AvgIpc) is 2.89. The highest BCUT2D eigenvalue weighted by atomic mass is 79.9. The number of rotatable bonds is 5. The molecular weight excluding hydrogens is 344 g/mol. The summed E-state index contributed by atoms with van der Waals surface area (Å²) in [5, 5.41) is 6.21. The first-order valence-electron chi connectivity index (χ1n) is 6.01. The highest BCUT2D eigenvalue weighted by molar-refractivity contribution is 9.10. The number of aromatic nitrogens is 2. The molecule has 0 amide bonds. The van der Waals surface area contributed by atoms with E-state index >= 15 is 0 Å². The average molecular weight is 359 g/mol. The van der Waals surface area contributed by atoms with Crippen LogP contribution in [-0.4, -0.2) is 18.6 Å². The first kappa shape index (κ1) is 15.0. The molecule has 0 bridgehead atoms. The summed E-state index contributed by atoms with van der Waals surface area (Å²) in [6, 6.07) is 5.39. The SMILES string of the molecule is CCc1cc(Br)ccc1NS(=O)(=O)c1[nH]ncc1CN. The van der Waals surface area contributed by atoms with Gasteiger partial charge in [0.05, 0.1) is 11.9 Å². The maximum atomic E-state index is 12.3. The summed E-state index contributed by atoms with van der Waals surface area (Å²) in [5.74, 6) is 0. The third-order valence-electron chi connectivity index (χ3n) is 2.86. The zero-order chi connectivity index (χ0) is 14.8. The van der Waals surface area contributed by atoms with Gasteiger partial charge in [0.2, 0.25) is 0 Å². The van der Waals surface area contributed by atoms with Crippen LogP contribution in [0.15, 0.2) is 33.9 Å². The monoisotopic (exact) mass is 358 g/mol. The molecule has 0 saturated heterocycles. The number of nitrogens with one attached hydrogen (secondary N) is 2. The van der Waals surface area contributed by atoms with Gasteiger partial charge in [0.25, 0.3) is 10.0 Å². The molecule has 1 aromatic carbocycles. The van der Waals surface area contributed by atoms with E-state index in [-0.39, 0.29) is 11.6 Å². The lowest BCUT2D eigenvalue weighted by atomic mass is 10.1. The van der Waals surface area contributed by atoms with Crippen molar-refractivity contribution in [1.82, 2.24) is 10.2 Å². The third kappa shape index (κ3) is 3.02. The van der Waals surface area contributed by atoms with Crippen molar-refractivity contribution in [2.45, 2.75) is 24.9 Å². The maximum Gasteiger partial charge on any atom is 0.279 e. The number of sulfonamides is 1. The number of aryl methyl sites for hydroxylation is 1. The largest absolute Gasteiger partial charge is 0.326 e. The van der Waals surface area contributed by atoms with Crippen molar-refractivity contribution in [2.75, 3.05) is 4.72 Å². The summed E-state index contributed by atoms with van der Waals surface area (Å²) in [6.07, 6.45) is 2.13. The molecule has 1 heterocycles. The third-order valence-corrected chi connectivity index (χ3v) is 4.73. The Morgan fingerprint density at radius 3 is 2.80 bits per heavy atom. The van der Waals surface area contributed by atoms with Crippen LogP contribution in [0.4, 0.5) is 5.69 Å². The number of anilines is 1. The molecule has 2 aromatic rings. The van der Waals surface area contributed by atoms with E-state index in [0.717, 1.165) is 10.0 Å². The fourth-order valence-electron chi connectivity index (χ4n) is 1.83. The Labute approximate surface area is 125 Å². The normalized spacial score (nSPS) is 11.6. The summed E-state index contributed by atoms with van der Waals surface area (Å²) in [6.45, 7) is 2.06. The van der Waals surface area contributed by atoms with Crippen molar-refractivity contribution in [3.63, 3.8) is 0 Å². The molecule has 6 nitrogen and oxygen atoms in total. The number of halogens is 1. The summed E-state index contributed by atoms with van der Waals surface area (Å²) in [4.78, 5) is 0. The van der Waals surface area contributed by atoms with Crippen LogP contribution in [0.5, 0.6) is 0 Å². The zero-order valence-corrected chi connectivity index (χ0v) is 13.3. The molecule has 1 aromatic heterocycles. The summed E-state index contributed by atoms with van der Waals surface area (Å²) in [5.41, 5.74) is 7.40. The molecular formula is C12H15BrN4O2S. The number of benzene rings is 1. The van der Waals surface area contributed by atoms with E-state index in [1.807, 2.05) is 13.0 Å². The molecule has 20 heavy (non-hydrogen) atoms. The molecule has 0 radical (unpaired) electrons. The van der Waals surface area contributed by atoms with Gasteiger partial charge in [0.1, 0.15) is 0 Å². The van der Waals surface area contributed by atoms with E-state index in [9.17, 15) is 8.42 Å². The number of H-pyrrole nitrogens is 1. The first-order valence-corrected chi connectivity index (χ1v) is 8.29. The van der Waals surface area contributed by atoms with E-state index in [1.165, 1.54) is 6.20 Å². The predicted molar refractivity (Wildman–Crippen MR) is 80.8 cm³/mol. The van der Waals surface area contributed by atoms with Gasteiger partial charge in [0, 0.05) is 16.6 Å². The number of hydrogen-bond donors (Lipinski definition) is 3. The van der Waals surface area contributed by atoms with Crippen LogP contribution >= 0.6 is 15.9 Å². The van der Waals surface area contributed by atoms with Gasteiger partial charge in [-0.3, -0.25) is 9.82 Å². The lowest BCUT2D eigenvalue weighted by molar-refractivity contribution is 0.595. The van der Waals surface area contributed by atoms with Gasteiger partial charge in [-0.15, -0.1) is 0 Å². The van der Waals surface area contributed by atoms with Crippen LogP contribution in [-0.2, 0) is 23.0 Å². The quantitative estimate of drug-likeness (QED) is 0.760. The summed E-state index contributed by atoms with van der Waals surface area (Å²) in [7, 11) is -3.72. The van der Waals surface area contributed by atoms with Crippen LogP contribution in [0.25, 0.3) is 0 Å². The van der Waals surface area contributed by atoms with Crippen molar-refractivity contribution < 1.29 is 8.42 Å². The van der Waals surface area contributed by atoms with Crippen LogP contribution in [0.3, 0.4) is 0 Å². The zero-order valence-electron chi connectivity index (χ0n) is 10.9. The van der Waals surface area contributed by atoms with Crippen LogP contribution in [0.2, 0.25) is 0 Å². The highest BCUT2D eigenvalue weighted by Gasteiger charge is 2.21. The van der Waals surface area contributed by atoms with E-state index in [0.29, 0.717) is 17.7 Å². The van der Waals surface area contributed by atoms with E-state index in [1.54, 1.807) is 12.1 Å². The summed E-state index contributed by atoms with van der Waals surface area (Å²) >= 11 is 3.37. The molecule has 0 aliphatic rings. The molecule has 0 spiro atoms. The maximum absolute atomic E-state index is 12.3. The standard InChI is InChI=1S/C12H15BrN4O2S/c1-2-8-5-10(13)3-4-11(8)17-20(18,19)12-9(6-14)7-15-16-12/h3-5,7,17H,2,6,14H2,1H3,(H,15,16).